The molecule has 21 heavy (non-hydrogen) atoms. The van der Waals surface area contributed by atoms with Gasteiger partial charge in [0, 0.05) is 12.5 Å². The van der Waals surface area contributed by atoms with E-state index in [2.05, 4.69) is 0 Å². The van der Waals surface area contributed by atoms with Crippen LogP contribution < -0.4 is 4.74 Å². The highest BCUT2D eigenvalue weighted by molar-refractivity contribution is 7.89. The molecule has 1 aromatic carbocycles. The largest absolute Gasteiger partial charge is 0.490 e. The number of fused-ring (bicyclic) bond motifs is 1. The average molecular weight is 309 g/mol. The fraction of sp³-hybridized carbons (Fsp3) is 0.600. The Bertz CT molecular complexity index is 664. The molecule has 6 heteroatoms. The smallest absolute Gasteiger partial charge is 0.243 e. The number of hydrogen-bond acceptors (Lipinski definition) is 4. The first-order chi connectivity index (χ1) is 10.1. The number of nitrogens with zero attached hydrogens (tertiary/aromatic N) is 1. The summed E-state index contributed by atoms with van der Waals surface area (Å²) in [5.41, 5.74) is 0.990. The summed E-state index contributed by atoms with van der Waals surface area (Å²) >= 11 is 0. The van der Waals surface area contributed by atoms with Crippen LogP contribution in [-0.4, -0.2) is 44.1 Å². The zero-order valence-electron chi connectivity index (χ0n) is 12.0. The van der Waals surface area contributed by atoms with Crippen molar-refractivity contribution >= 4 is 10.0 Å². The Balaban J connectivity index is 1.69. The highest BCUT2D eigenvalue weighted by Gasteiger charge is 2.45. The van der Waals surface area contributed by atoms with E-state index in [1.165, 1.54) is 0 Å². The molecule has 1 saturated heterocycles. The monoisotopic (exact) mass is 309 g/mol. The molecule has 1 unspecified atom stereocenters. The van der Waals surface area contributed by atoms with E-state index in [0.717, 1.165) is 30.6 Å². The molecule has 1 atom stereocenters. The van der Waals surface area contributed by atoms with Crippen LogP contribution in [0.1, 0.15) is 25.3 Å². The first-order valence-corrected chi connectivity index (χ1v) is 8.90. The van der Waals surface area contributed by atoms with Crippen molar-refractivity contribution in [1.29, 1.82) is 0 Å². The lowest BCUT2D eigenvalue weighted by atomic mass is 10.1. The maximum atomic E-state index is 13.0. The van der Waals surface area contributed by atoms with Gasteiger partial charge in [0.25, 0.3) is 0 Å². The minimum atomic E-state index is -3.44. The van der Waals surface area contributed by atoms with Crippen molar-refractivity contribution < 1.29 is 17.9 Å². The molecule has 2 aliphatic heterocycles. The Kier molecular flexibility index (Phi) is 3.03. The quantitative estimate of drug-likeness (QED) is 0.847. The Morgan fingerprint density at radius 3 is 2.57 bits per heavy atom. The Hall–Kier alpha value is -1.11. The average Bonchev–Trinajstić information content (AvgIpc) is 3.13. The summed E-state index contributed by atoms with van der Waals surface area (Å²) in [5, 5.41) is 0. The number of sulfonamides is 1. The molecule has 0 bridgehead atoms. The van der Waals surface area contributed by atoms with Crippen LogP contribution in [0, 0.1) is 0 Å². The molecule has 0 spiro atoms. The van der Waals surface area contributed by atoms with Crippen LogP contribution in [0.3, 0.4) is 0 Å². The van der Waals surface area contributed by atoms with E-state index in [-0.39, 0.29) is 18.2 Å². The summed E-state index contributed by atoms with van der Waals surface area (Å²) in [6, 6.07) is 5.40. The molecule has 3 aliphatic rings. The van der Waals surface area contributed by atoms with Crippen LogP contribution in [0.25, 0.3) is 0 Å². The van der Waals surface area contributed by atoms with Gasteiger partial charge in [0.2, 0.25) is 10.0 Å². The summed E-state index contributed by atoms with van der Waals surface area (Å²) < 4.78 is 38.4. The van der Waals surface area contributed by atoms with Gasteiger partial charge in [0.1, 0.15) is 11.9 Å². The number of benzene rings is 1. The van der Waals surface area contributed by atoms with Crippen LogP contribution in [0.2, 0.25) is 0 Å². The van der Waals surface area contributed by atoms with Crippen LogP contribution >= 0.6 is 0 Å². The third kappa shape index (κ3) is 2.25. The van der Waals surface area contributed by atoms with E-state index in [4.69, 9.17) is 9.47 Å². The molecule has 114 valence electrons. The predicted molar refractivity (Wildman–Crippen MR) is 76.9 cm³/mol. The molecule has 1 saturated carbocycles. The maximum absolute atomic E-state index is 13.0. The minimum Gasteiger partial charge on any atom is -0.490 e. The molecule has 2 fully saturated rings. The summed E-state index contributed by atoms with van der Waals surface area (Å²) in [6.45, 7) is 3.03. The van der Waals surface area contributed by atoms with Gasteiger partial charge in [0.15, 0.2) is 0 Å². The van der Waals surface area contributed by atoms with E-state index in [0.29, 0.717) is 18.1 Å². The van der Waals surface area contributed by atoms with Crippen molar-refractivity contribution in [2.24, 2.45) is 0 Å². The van der Waals surface area contributed by atoms with Crippen LogP contribution in [-0.2, 0) is 21.2 Å². The third-order valence-electron chi connectivity index (χ3n) is 4.33. The normalized spacial score (nSPS) is 25.5. The van der Waals surface area contributed by atoms with Crippen molar-refractivity contribution in [3.05, 3.63) is 23.8 Å². The molecule has 1 aromatic rings. The van der Waals surface area contributed by atoms with Crippen LogP contribution in [0.5, 0.6) is 5.75 Å². The highest BCUT2D eigenvalue weighted by Crippen LogP contribution is 2.37. The van der Waals surface area contributed by atoms with Gasteiger partial charge in [-0.25, -0.2) is 8.42 Å². The molecular formula is C15H19NO4S. The van der Waals surface area contributed by atoms with Gasteiger partial charge < -0.3 is 9.47 Å². The van der Waals surface area contributed by atoms with Crippen molar-refractivity contribution in [3.63, 3.8) is 0 Å². The molecular weight excluding hydrogens is 290 g/mol. The second-order valence-corrected chi connectivity index (χ2v) is 8.00. The van der Waals surface area contributed by atoms with Gasteiger partial charge in [-0.15, -0.1) is 0 Å². The SMILES string of the molecule is CC1Cc2cc(S(=O)(=O)N(C3CC3)C3COC3)ccc2O1. The van der Waals surface area contributed by atoms with E-state index >= 15 is 0 Å². The van der Waals surface area contributed by atoms with E-state index < -0.39 is 10.0 Å². The Morgan fingerprint density at radius 1 is 1.19 bits per heavy atom. The summed E-state index contributed by atoms with van der Waals surface area (Å²) in [7, 11) is -3.44. The van der Waals surface area contributed by atoms with E-state index in [1.807, 2.05) is 6.92 Å². The lowest BCUT2D eigenvalue weighted by Gasteiger charge is -2.36. The predicted octanol–water partition coefficient (Wildman–Crippen LogP) is 1.56. The molecule has 4 rings (SSSR count). The van der Waals surface area contributed by atoms with Crippen molar-refractivity contribution in [2.45, 2.75) is 49.3 Å². The van der Waals surface area contributed by atoms with Gasteiger partial charge in [-0.1, -0.05) is 0 Å². The lowest BCUT2D eigenvalue weighted by molar-refractivity contribution is -0.0387. The maximum Gasteiger partial charge on any atom is 0.243 e. The van der Waals surface area contributed by atoms with Crippen LogP contribution in [0.15, 0.2) is 23.1 Å². The zero-order valence-corrected chi connectivity index (χ0v) is 12.8. The molecule has 1 aliphatic carbocycles. The topological polar surface area (TPSA) is 55.8 Å². The fourth-order valence-corrected chi connectivity index (χ4v) is 4.96. The fourth-order valence-electron chi connectivity index (χ4n) is 3.07. The zero-order chi connectivity index (χ0) is 14.6. The van der Waals surface area contributed by atoms with Crippen molar-refractivity contribution in [3.8, 4) is 5.75 Å². The van der Waals surface area contributed by atoms with E-state index in [9.17, 15) is 8.42 Å². The second-order valence-electron chi connectivity index (χ2n) is 6.16. The van der Waals surface area contributed by atoms with E-state index in [1.54, 1.807) is 22.5 Å². The molecule has 0 aromatic heterocycles. The standard InChI is InChI=1S/C15H19NO4S/c1-10-6-11-7-14(4-5-15(11)20-10)21(17,18)16(12-2-3-12)13-8-19-9-13/h4-5,7,10,12-13H,2-3,6,8-9H2,1H3. The number of ether oxygens (including phenoxy) is 2. The molecule has 5 nitrogen and oxygen atoms in total. The molecule has 0 radical (unpaired) electrons. The van der Waals surface area contributed by atoms with Gasteiger partial charge in [-0.05, 0) is 43.5 Å². The van der Waals surface area contributed by atoms with Gasteiger partial charge in [0.05, 0.1) is 24.2 Å². The Labute approximate surface area is 124 Å². The summed E-state index contributed by atoms with van der Waals surface area (Å²) in [4.78, 5) is 0.387. The molecule has 0 N–H and O–H groups in total. The molecule has 0 amide bonds. The van der Waals surface area contributed by atoms with Gasteiger partial charge in [-0.3, -0.25) is 0 Å². The van der Waals surface area contributed by atoms with Crippen molar-refractivity contribution in [1.82, 2.24) is 4.31 Å². The summed E-state index contributed by atoms with van der Waals surface area (Å²) in [6.07, 6.45) is 2.81. The minimum absolute atomic E-state index is 0.00549. The first-order valence-electron chi connectivity index (χ1n) is 7.46. The summed E-state index contributed by atoms with van der Waals surface area (Å²) in [5.74, 6) is 0.811. The molecule has 2 heterocycles. The number of rotatable bonds is 4. The number of hydrogen-bond donors (Lipinski definition) is 0. The third-order valence-corrected chi connectivity index (χ3v) is 6.33. The van der Waals surface area contributed by atoms with Crippen molar-refractivity contribution in [2.75, 3.05) is 13.2 Å². The van der Waals surface area contributed by atoms with Gasteiger partial charge >= 0.3 is 0 Å². The van der Waals surface area contributed by atoms with Crippen LogP contribution in [0.4, 0.5) is 0 Å². The Morgan fingerprint density at radius 2 is 1.95 bits per heavy atom. The second kappa shape index (κ2) is 4.69. The van der Waals surface area contributed by atoms with Gasteiger partial charge in [-0.2, -0.15) is 4.31 Å². The first kappa shape index (κ1) is 13.5. The lowest BCUT2D eigenvalue weighted by Crippen LogP contribution is -2.52. The highest BCUT2D eigenvalue weighted by atomic mass is 32.2.